The normalized spacial score (nSPS) is 34.7. The van der Waals surface area contributed by atoms with Crippen molar-refractivity contribution in [1.82, 2.24) is 9.80 Å². The largest absolute Gasteiger partial charge is 0.332 e. The molecule has 2 bridgehead atoms. The maximum absolute atomic E-state index is 13.2. The zero-order valence-electron chi connectivity index (χ0n) is 14.9. The molecule has 0 N–H and O–H groups in total. The number of hydrogen-bond donors (Lipinski definition) is 0. The molecule has 0 saturated carbocycles. The van der Waals surface area contributed by atoms with Crippen molar-refractivity contribution in [2.24, 2.45) is 11.8 Å². The second-order valence-electron chi connectivity index (χ2n) is 8.37. The van der Waals surface area contributed by atoms with Crippen molar-refractivity contribution in [3.05, 3.63) is 47.5 Å². The van der Waals surface area contributed by atoms with Gasteiger partial charge in [-0.2, -0.15) is 0 Å². The smallest absolute Gasteiger partial charge is 0.254 e. The Balaban J connectivity index is 1.46. The second-order valence-corrected chi connectivity index (χ2v) is 8.37. The fourth-order valence-corrected chi connectivity index (χ4v) is 5.95. The predicted octanol–water partition coefficient (Wildman–Crippen LogP) is 3.72. The Hall–Kier alpha value is -1.61. The average molecular weight is 336 g/mol. The lowest BCUT2D eigenvalue weighted by Crippen LogP contribution is -2.60. The second kappa shape index (κ2) is 6.28. The van der Waals surface area contributed by atoms with Gasteiger partial charge in [-0.3, -0.25) is 9.69 Å². The summed E-state index contributed by atoms with van der Waals surface area (Å²) in [5, 5.41) is 0. The molecule has 1 aromatic rings. The van der Waals surface area contributed by atoms with E-state index >= 15 is 0 Å². The molecule has 0 radical (unpaired) electrons. The van der Waals surface area contributed by atoms with Crippen LogP contribution >= 0.6 is 0 Å². The van der Waals surface area contributed by atoms with Crippen LogP contribution in [-0.4, -0.2) is 47.4 Å². The molecule has 1 amide bonds. The highest BCUT2D eigenvalue weighted by molar-refractivity contribution is 5.94. The third kappa shape index (κ3) is 2.64. The molecule has 0 spiro atoms. The van der Waals surface area contributed by atoms with Crippen molar-refractivity contribution < 1.29 is 4.79 Å². The number of carbonyl (C=O) groups is 1. The average Bonchev–Trinajstić information content (AvgIpc) is 2.68. The number of fused-ring (bicyclic) bond motifs is 6. The number of carbonyl (C=O) groups excluding carboxylic acids is 1. The molecule has 1 aliphatic carbocycles. The first-order chi connectivity index (χ1) is 12.3. The summed E-state index contributed by atoms with van der Waals surface area (Å²) in [6, 6.07) is 11.0. The maximum Gasteiger partial charge on any atom is 0.254 e. The van der Waals surface area contributed by atoms with E-state index in [2.05, 4.69) is 15.9 Å². The van der Waals surface area contributed by atoms with E-state index in [-0.39, 0.29) is 5.91 Å². The van der Waals surface area contributed by atoms with Gasteiger partial charge in [0.1, 0.15) is 0 Å². The van der Waals surface area contributed by atoms with E-state index in [0.29, 0.717) is 12.0 Å². The van der Waals surface area contributed by atoms with Gasteiger partial charge in [0.15, 0.2) is 0 Å². The highest BCUT2D eigenvalue weighted by Gasteiger charge is 2.46. The van der Waals surface area contributed by atoms with Crippen LogP contribution in [0.3, 0.4) is 0 Å². The number of hydrogen-bond acceptors (Lipinski definition) is 2. The first kappa shape index (κ1) is 15.6. The van der Waals surface area contributed by atoms with Gasteiger partial charge in [-0.15, -0.1) is 0 Å². The van der Waals surface area contributed by atoms with Gasteiger partial charge >= 0.3 is 0 Å². The Morgan fingerprint density at radius 2 is 1.92 bits per heavy atom. The van der Waals surface area contributed by atoms with E-state index < -0.39 is 0 Å². The molecule has 3 heteroatoms. The highest BCUT2D eigenvalue weighted by Crippen LogP contribution is 2.45. The number of piperidine rings is 3. The van der Waals surface area contributed by atoms with Gasteiger partial charge < -0.3 is 4.90 Å². The molecule has 5 rings (SSSR count). The van der Waals surface area contributed by atoms with E-state index in [4.69, 9.17) is 0 Å². The molecule has 3 fully saturated rings. The fourth-order valence-electron chi connectivity index (χ4n) is 5.95. The van der Waals surface area contributed by atoms with Gasteiger partial charge in [0, 0.05) is 24.7 Å². The van der Waals surface area contributed by atoms with Gasteiger partial charge in [-0.05, 0) is 62.6 Å². The van der Waals surface area contributed by atoms with Crippen molar-refractivity contribution in [2.75, 3.05) is 19.6 Å². The molecule has 2 unspecified atom stereocenters. The van der Waals surface area contributed by atoms with Crippen LogP contribution in [0.1, 0.15) is 48.9 Å². The summed E-state index contributed by atoms with van der Waals surface area (Å²) in [6.07, 6.45) is 10.3. The minimum absolute atomic E-state index is 0.232. The van der Waals surface area contributed by atoms with Crippen molar-refractivity contribution >= 4 is 5.91 Å². The Bertz CT molecular complexity index is 683. The number of rotatable bonds is 1. The van der Waals surface area contributed by atoms with Crippen LogP contribution in [-0.2, 0) is 0 Å². The summed E-state index contributed by atoms with van der Waals surface area (Å²) >= 11 is 0. The van der Waals surface area contributed by atoms with Crippen molar-refractivity contribution in [2.45, 2.75) is 50.6 Å². The molecule has 3 saturated heterocycles. The Kier molecular flexibility index (Phi) is 3.93. The molecule has 132 valence electrons. The molecular weight excluding hydrogens is 308 g/mol. The van der Waals surface area contributed by atoms with E-state index in [9.17, 15) is 4.79 Å². The monoisotopic (exact) mass is 336 g/mol. The topological polar surface area (TPSA) is 23.6 Å². The maximum atomic E-state index is 13.2. The third-order valence-electron chi connectivity index (χ3n) is 6.94. The van der Waals surface area contributed by atoms with E-state index in [0.717, 1.165) is 30.5 Å². The van der Waals surface area contributed by atoms with Gasteiger partial charge in [0.2, 0.25) is 0 Å². The molecule has 4 atom stereocenters. The Morgan fingerprint density at radius 1 is 1.04 bits per heavy atom. The summed E-state index contributed by atoms with van der Waals surface area (Å²) in [4.78, 5) is 18.1. The number of amides is 1. The molecule has 25 heavy (non-hydrogen) atoms. The van der Waals surface area contributed by atoms with E-state index in [1.165, 1.54) is 45.2 Å². The molecule has 3 aliphatic heterocycles. The van der Waals surface area contributed by atoms with Crippen LogP contribution in [0.4, 0.5) is 0 Å². The zero-order chi connectivity index (χ0) is 16.8. The van der Waals surface area contributed by atoms with Gasteiger partial charge in [-0.25, -0.2) is 0 Å². The molecular formula is C22H28N2O. The SMILES string of the molecule is O=C(c1ccccc1)N1CCCC2=CC3CC(CN4CCCC[C@H]34)[C@@H]21. The minimum atomic E-state index is 0.232. The predicted molar refractivity (Wildman–Crippen MR) is 99.4 cm³/mol. The molecule has 4 aliphatic rings. The lowest BCUT2D eigenvalue weighted by Gasteiger charge is -2.54. The summed E-state index contributed by atoms with van der Waals surface area (Å²) in [5.41, 5.74) is 2.42. The van der Waals surface area contributed by atoms with Crippen LogP contribution in [0.25, 0.3) is 0 Å². The third-order valence-corrected chi connectivity index (χ3v) is 6.94. The van der Waals surface area contributed by atoms with Crippen LogP contribution < -0.4 is 0 Å². The van der Waals surface area contributed by atoms with E-state index in [1.54, 1.807) is 5.57 Å². The molecule has 0 aromatic heterocycles. The first-order valence-electron chi connectivity index (χ1n) is 10.1. The molecule has 1 aromatic carbocycles. The minimum Gasteiger partial charge on any atom is -0.332 e. The lowest BCUT2D eigenvalue weighted by atomic mass is 9.68. The molecule has 3 nitrogen and oxygen atoms in total. The summed E-state index contributed by atoms with van der Waals surface area (Å²) < 4.78 is 0. The Morgan fingerprint density at radius 3 is 2.80 bits per heavy atom. The van der Waals surface area contributed by atoms with Crippen molar-refractivity contribution in [3.63, 3.8) is 0 Å². The van der Waals surface area contributed by atoms with Crippen LogP contribution in [0.2, 0.25) is 0 Å². The fraction of sp³-hybridized carbons (Fsp3) is 0.591. The number of benzene rings is 1. The standard InChI is InChI=1S/C22H28N2O/c25-22(16-7-2-1-3-8-16)24-12-6-9-17-13-18-14-19(21(17)24)15-23-11-5-4-10-20(18)23/h1-3,7-8,13,18-21H,4-6,9-12,14-15H2/t18?,19?,20-,21-/m1/s1. The number of likely N-dealkylation sites (tertiary alicyclic amines) is 1. The van der Waals surface area contributed by atoms with E-state index in [1.807, 2.05) is 30.3 Å². The summed E-state index contributed by atoms with van der Waals surface area (Å²) in [7, 11) is 0. The van der Waals surface area contributed by atoms with Gasteiger partial charge in [0.05, 0.1) is 6.04 Å². The van der Waals surface area contributed by atoms with Gasteiger partial charge in [-0.1, -0.05) is 36.3 Å². The quantitative estimate of drug-likeness (QED) is 0.730. The van der Waals surface area contributed by atoms with Crippen molar-refractivity contribution in [3.8, 4) is 0 Å². The van der Waals surface area contributed by atoms with Crippen LogP contribution in [0.5, 0.6) is 0 Å². The zero-order valence-corrected chi connectivity index (χ0v) is 14.9. The summed E-state index contributed by atoms with van der Waals surface area (Å²) in [6.45, 7) is 3.38. The van der Waals surface area contributed by atoms with Crippen molar-refractivity contribution in [1.29, 1.82) is 0 Å². The van der Waals surface area contributed by atoms with Gasteiger partial charge in [0.25, 0.3) is 5.91 Å². The highest BCUT2D eigenvalue weighted by atomic mass is 16.2. The lowest BCUT2D eigenvalue weighted by molar-refractivity contribution is 0.00148. The Labute approximate surface area is 150 Å². The summed E-state index contributed by atoms with van der Waals surface area (Å²) in [5.74, 6) is 1.60. The molecule has 3 heterocycles. The van der Waals surface area contributed by atoms with Crippen LogP contribution in [0.15, 0.2) is 42.0 Å². The first-order valence-corrected chi connectivity index (χ1v) is 10.1. The number of nitrogens with zero attached hydrogens (tertiary/aromatic N) is 2. The van der Waals surface area contributed by atoms with Crippen LogP contribution in [0, 0.1) is 11.8 Å².